The van der Waals surface area contributed by atoms with Gasteiger partial charge < -0.3 is 5.11 Å². The molecule has 0 heterocycles. The molecular weight excluding hydrogens is 235 g/mol. The van der Waals surface area contributed by atoms with Crippen LogP contribution < -0.4 is 0 Å². The van der Waals surface area contributed by atoms with Gasteiger partial charge in [0.15, 0.2) is 0 Å². The predicted octanol–water partition coefficient (Wildman–Crippen LogP) is 3.16. The number of phenolic OH excluding ortho intramolecular Hbond substituents is 1. The van der Waals surface area contributed by atoms with Gasteiger partial charge in [0.25, 0.3) is 0 Å². The highest BCUT2D eigenvalue weighted by Crippen LogP contribution is 2.51. The molecule has 0 atom stereocenters. The second kappa shape index (κ2) is 2.98. The maximum Gasteiger partial charge on any atom is 0.119 e. The van der Waals surface area contributed by atoms with Crippen molar-refractivity contribution in [1.82, 2.24) is 0 Å². The summed E-state index contributed by atoms with van der Waals surface area (Å²) in [6, 6.07) is 5.17. The summed E-state index contributed by atoms with van der Waals surface area (Å²) >= 11 is 3.31. The van der Waals surface area contributed by atoms with Crippen LogP contribution in [-0.4, -0.2) is 11.8 Å². The third-order valence-corrected chi connectivity index (χ3v) is 3.13. The number of rotatable bonds is 2. The Morgan fingerprint density at radius 1 is 1.46 bits per heavy atom. The second-order valence-corrected chi connectivity index (χ2v) is 4.49. The highest BCUT2D eigenvalue weighted by atomic mass is 79.9. The van der Waals surface area contributed by atoms with Gasteiger partial charge in [-0.25, -0.2) is 0 Å². The van der Waals surface area contributed by atoms with E-state index in [1.165, 1.54) is 0 Å². The Bertz CT molecular complexity index is 334. The molecule has 13 heavy (non-hydrogen) atoms. The van der Waals surface area contributed by atoms with Crippen LogP contribution in [0.5, 0.6) is 5.75 Å². The first-order chi connectivity index (χ1) is 6.18. The van der Waals surface area contributed by atoms with Crippen LogP contribution in [0.1, 0.15) is 18.4 Å². The standard InChI is InChI=1S/C10H10BrFO/c11-7-1-2-9(13)8(5-7)10(6-12)3-4-10/h1-2,5,13H,3-4,6H2. The van der Waals surface area contributed by atoms with Crippen molar-refractivity contribution < 1.29 is 9.50 Å². The van der Waals surface area contributed by atoms with Crippen molar-refractivity contribution in [2.45, 2.75) is 18.3 Å². The van der Waals surface area contributed by atoms with Gasteiger partial charge in [0.2, 0.25) is 0 Å². The van der Waals surface area contributed by atoms with E-state index in [0.717, 1.165) is 22.9 Å². The van der Waals surface area contributed by atoms with Crippen molar-refractivity contribution in [2.75, 3.05) is 6.67 Å². The Balaban J connectivity index is 2.44. The fraction of sp³-hybridized carbons (Fsp3) is 0.400. The second-order valence-electron chi connectivity index (χ2n) is 3.58. The zero-order valence-corrected chi connectivity index (χ0v) is 8.64. The number of hydrogen-bond donors (Lipinski definition) is 1. The monoisotopic (exact) mass is 244 g/mol. The zero-order chi connectivity index (χ0) is 9.47. The summed E-state index contributed by atoms with van der Waals surface area (Å²) in [5.74, 6) is 0.207. The fourth-order valence-corrected chi connectivity index (χ4v) is 1.92. The first-order valence-electron chi connectivity index (χ1n) is 4.23. The van der Waals surface area contributed by atoms with Gasteiger partial charge in [0.1, 0.15) is 5.75 Å². The molecule has 0 amide bonds. The summed E-state index contributed by atoms with van der Waals surface area (Å²) in [7, 11) is 0. The van der Waals surface area contributed by atoms with E-state index in [2.05, 4.69) is 15.9 Å². The van der Waals surface area contributed by atoms with E-state index in [-0.39, 0.29) is 17.8 Å². The summed E-state index contributed by atoms with van der Waals surface area (Å²) in [6.07, 6.45) is 1.68. The van der Waals surface area contributed by atoms with Crippen LogP contribution in [0.2, 0.25) is 0 Å². The van der Waals surface area contributed by atoms with Gasteiger partial charge in [0, 0.05) is 15.5 Å². The number of hydrogen-bond acceptors (Lipinski definition) is 1. The Hall–Kier alpha value is -0.570. The Morgan fingerprint density at radius 3 is 2.69 bits per heavy atom. The molecule has 70 valence electrons. The highest BCUT2D eigenvalue weighted by Gasteiger charge is 2.46. The topological polar surface area (TPSA) is 20.2 Å². The molecule has 0 unspecified atom stereocenters. The van der Waals surface area contributed by atoms with Crippen molar-refractivity contribution in [3.8, 4) is 5.75 Å². The molecule has 0 aliphatic heterocycles. The van der Waals surface area contributed by atoms with E-state index in [4.69, 9.17) is 0 Å². The molecule has 1 nitrogen and oxygen atoms in total. The number of aromatic hydroxyl groups is 1. The molecular formula is C10H10BrFO. The van der Waals surface area contributed by atoms with Gasteiger partial charge in [-0.3, -0.25) is 4.39 Å². The van der Waals surface area contributed by atoms with Crippen LogP contribution in [0.3, 0.4) is 0 Å². The molecule has 0 saturated heterocycles. The summed E-state index contributed by atoms with van der Waals surface area (Å²) < 4.78 is 13.6. The van der Waals surface area contributed by atoms with Gasteiger partial charge in [0.05, 0.1) is 6.67 Å². The zero-order valence-electron chi connectivity index (χ0n) is 7.06. The van der Waals surface area contributed by atoms with E-state index < -0.39 is 0 Å². The number of alkyl halides is 1. The van der Waals surface area contributed by atoms with Crippen LogP contribution in [0.15, 0.2) is 22.7 Å². The molecule has 2 rings (SSSR count). The van der Waals surface area contributed by atoms with Crippen LogP contribution >= 0.6 is 15.9 Å². The average Bonchev–Trinajstić information content (AvgIpc) is 2.90. The normalized spacial score (nSPS) is 18.6. The summed E-state index contributed by atoms with van der Waals surface area (Å²) in [4.78, 5) is 0. The summed E-state index contributed by atoms with van der Waals surface area (Å²) in [6.45, 7) is -0.378. The largest absolute Gasteiger partial charge is 0.508 e. The van der Waals surface area contributed by atoms with Gasteiger partial charge in [-0.1, -0.05) is 15.9 Å². The predicted molar refractivity (Wildman–Crippen MR) is 52.7 cm³/mol. The van der Waals surface area contributed by atoms with Crippen molar-refractivity contribution in [1.29, 1.82) is 0 Å². The fourth-order valence-electron chi connectivity index (χ4n) is 1.56. The molecule has 0 bridgehead atoms. The number of benzene rings is 1. The van der Waals surface area contributed by atoms with Crippen molar-refractivity contribution in [3.05, 3.63) is 28.2 Å². The van der Waals surface area contributed by atoms with Crippen LogP contribution in [0.25, 0.3) is 0 Å². The first-order valence-corrected chi connectivity index (χ1v) is 5.02. The van der Waals surface area contributed by atoms with Crippen molar-refractivity contribution in [3.63, 3.8) is 0 Å². The van der Waals surface area contributed by atoms with Crippen LogP contribution in [0.4, 0.5) is 4.39 Å². The minimum absolute atomic E-state index is 0.207. The minimum atomic E-state index is -0.381. The lowest BCUT2D eigenvalue weighted by molar-refractivity contribution is 0.398. The molecule has 1 aliphatic carbocycles. The molecule has 1 fully saturated rings. The van der Waals surface area contributed by atoms with E-state index in [9.17, 15) is 9.50 Å². The molecule has 0 radical (unpaired) electrons. The van der Waals surface area contributed by atoms with Gasteiger partial charge in [-0.05, 0) is 31.0 Å². The summed E-state index contributed by atoms with van der Waals surface area (Å²) in [5.41, 5.74) is 0.359. The maximum atomic E-state index is 12.7. The molecule has 3 heteroatoms. The lowest BCUT2D eigenvalue weighted by Crippen LogP contribution is -2.08. The Labute approximate surface area is 84.7 Å². The van der Waals surface area contributed by atoms with Crippen molar-refractivity contribution >= 4 is 15.9 Å². The third kappa shape index (κ3) is 1.46. The first kappa shape index (κ1) is 9.00. The Morgan fingerprint density at radius 2 is 2.15 bits per heavy atom. The molecule has 1 N–H and O–H groups in total. The third-order valence-electron chi connectivity index (χ3n) is 2.64. The molecule has 1 aromatic carbocycles. The quantitative estimate of drug-likeness (QED) is 0.848. The number of phenols is 1. The van der Waals surface area contributed by atoms with Gasteiger partial charge in [-0.2, -0.15) is 0 Å². The smallest absolute Gasteiger partial charge is 0.119 e. The van der Waals surface area contributed by atoms with Crippen molar-refractivity contribution in [2.24, 2.45) is 0 Å². The van der Waals surface area contributed by atoms with E-state index in [1.807, 2.05) is 6.07 Å². The Kier molecular flexibility index (Phi) is 2.06. The van der Waals surface area contributed by atoms with E-state index >= 15 is 0 Å². The van der Waals surface area contributed by atoms with Crippen LogP contribution in [-0.2, 0) is 5.41 Å². The highest BCUT2D eigenvalue weighted by molar-refractivity contribution is 9.10. The SMILES string of the molecule is Oc1ccc(Br)cc1C1(CF)CC1. The minimum Gasteiger partial charge on any atom is -0.508 e. The van der Waals surface area contributed by atoms with E-state index in [0.29, 0.717) is 0 Å². The average molecular weight is 245 g/mol. The molecule has 1 saturated carbocycles. The molecule has 1 aliphatic rings. The number of halogens is 2. The van der Waals surface area contributed by atoms with Gasteiger partial charge in [-0.15, -0.1) is 0 Å². The lowest BCUT2D eigenvalue weighted by Gasteiger charge is -2.12. The van der Waals surface area contributed by atoms with Gasteiger partial charge >= 0.3 is 0 Å². The molecule has 1 aromatic rings. The lowest BCUT2D eigenvalue weighted by atomic mass is 9.97. The maximum absolute atomic E-state index is 12.7. The molecule has 0 spiro atoms. The molecule has 0 aromatic heterocycles. The van der Waals surface area contributed by atoms with Crippen LogP contribution in [0, 0.1) is 0 Å². The summed E-state index contributed by atoms with van der Waals surface area (Å²) in [5, 5.41) is 9.55. The van der Waals surface area contributed by atoms with E-state index in [1.54, 1.807) is 12.1 Å².